The van der Waals surface area contributed by atoms with Crippen molar-refractivity contribution >= 4 is 25.0 Å². The van der Waals surface area contributed by atoms with E-state index in [-0.39, 0.29) is 5.56 Å². The van der Waals surface area contributed by atoms with E-state index in [0.29, 0.717) is 23.6 Å². The van der Waals surface area contributed by atoms with Crippen molar-refractivity contribution in [1.82, 2.24) is 14.4 Å². The number of aryl methyl sites for hydroxylation is 1. The van der Waals surface area contributed by atoms with E-state index in [1.807, 2.05) is 39.8 Å². The molecule has 1 N–H and O–H groups in total. The fourth-order valence-electron chi connectivity index (χ4n) is 4.78. The van der Waals surface area contributed by atoms with Crippen LogP contribution in [0.15, 0.2) is 45.7 Å². The lowest BCUT2D eigenvalue weighted by atomic mass is 9.80. The summed E-state index contributed by atoms with van der Waals surface area (Å²) in [5.41, 5.74) is 1.19. The zero-order valence-electron chi connectivity index (χ0n) is 22.7. The van der Waals surface area contributed by atoms with E-state index in [0.717, 1.165) is 44.0 Å². The standard InChI is InChI=1S/C26H40BN5O4/c1-18(32-12-11-31(14-19(32)2)21-16-34-17-21)9-10-23(28-7)29-22-13-20(15-30(8)24(22)33)27-35-25(3,4)26(5,6)36-27/h9-10,13,15,19,21,29H,7,11-12,14,16-17H2,1-6,8H3/b18-9+,23-10+/t19-/m1/s1. The molecule has 196 valence electrons. The van der Waals surface area contributed by atoms with E-state index in [1.165, 1.54) is 4.57 Å². The fraction of sp³-hybridized carbons (Fsp3) is 0.615. The highest BCUT2D eigenvalue weighted by Crippen LogP contribution is 2.36. The number of hydrogen-bond acceptors (Lipinski definition) is 8. The molecule has 1 aromatic heterocycles. The number of hydrogen-bond donors (Lipinski definition) is 1. The number of aromatic nitrogens is 1. The van der Waals surface area contributed by atoms with Crippen LogP contribution in [0.5, 0.6) is 0 Å². The second-order valence-electron chi connectivity index (χ2n) is 11.1. The Morgan fingerprint density at radius 1 is 1.19 bits per heavy atom. The highest BCUT2D eigenvalue weighted by molar-refractivity contribution is 6.62. The van der Waals surface area contributed by atoms with Gasteiger partial charge in [-0.1, -0.05) is 0 Å². The molecule has 1 atom stereocenters. The van der Waals surface area contributed by atoms with Gasteiger partial charge in [-0.2, -0.15) is 0 Å². The fourth-order valence-corrected chi connectivity index (χ4v) is 4.78. The molecule has 0 unspecified atom stereocenters. The molecule has 4 rings (SSSR count). The minimum absolute atomic E-state index is 0.171. The van der Waals surface area contributed by atoms with Crippen molar-refractivity contribution in [3.05, 3.63) is 46.3 Å². The van der Waals surface area contributed by atoms with Crippen molar-refractivity contribution in [3.8, 4) is 0 Å². The molecule has 0 amide bonds. The van der Waals surface area contributed by atoms with E-state index < -0.39 is 18.3 Å². The van der Waals surface area contributed by atoms with Crippen LogP contribution in [-0.2, 0) is 21.1 Å². The van der Waals surface area contributed by atoms with Crippen LogP contribution < -0.4 is 16.3 Å². The zero-order valence-corrected chi connectivity index (χ0v) is 22.7. The van der Waals surface area contributed by atoms with Crippen molar-refractivity contribution in [2.75, 3.05) is 38.2 Å². The Morgan fingerprint density at radius 3 is 2.42 bits per heavy atom. The van der Waals surface area contributed by atoms with Gasteiger partial charge in [0.2, 0.25) is 0 Å². The van der Waals surface area contributed by atoms with Gasteiger partial charge in [-0.15, -0.1) is 0 Å². The third kappa shape index (κ3) is 5.32. The number of nitrogens with zero attached hydrogens (tertiary/aromatic N) is 4. The van der Waals surface area contributed by atoms with Gasteiger partial charge in [-0.3, -0.25) is 9.69 Å². The second kappa shape index (κ2) is 10.2. The molecular formula is C26H40BN5O4. The molecule has 36 heavy (non-hydrogen) atoms. The Kier molecular flexibility index (Phi) is 7.53. The number of piperazine rings is 1. The lowest BCUT2D eigenvalue weighted by Gasteiger charge is -2.46. The first-order valence-electron chi connectivity index (χ1n) is 12.7. The Hall–Kier alpha value is -2.40. The summed E-state index contributed by atoms with van der Waals surface area (Å²) in [5, 5.41) is 3.15. The van der Waals surface area contributed by atoms with Crippen LogP contribution in [0.4, 0.5) is 5.69 Å². The van der Waals surface area contributed by atoms with Gasteiger partial charge in [0.15, 0.2) is 0 Å². The normalized spacial score (nSPS) is 25.1. The molecule has 4 heterocycles. The van der Waals surface area contributed by atoms with Gasteiger partial charge in [0.25, 0.3) is 5.56 Å². The van der Waals surface area contributed by atoms with E-state index in [1.54, 1.807) is 19.3 Å². The molecule has 0 saturated carbocycles. The number of nitrogens with one attached hydrogen (secondary N) is 1. The number of pyridine rings is 1. The van der Waals surface area contributed by atoms with Gasteiger partial charge >= 0.3 is 7.12 Å². The minimum atomic E-state index is -0.569. The Balaban J connectivity index is 1.48. The first-order valence-corrected chi connectivity index (χ1v) is 12.7. The van der Waals surface area contributed by atoms with E-state index in [2.05, 4.69) is 40.7 Å². The van der Waals surface area contributed by atoms with Crippen molar-refractivity contribution in [2.45, 2.75) is 64.8 Å². The SMILES string of the molecule is C=N/C(=C\C=C(/C)N1CCN(C2COC2)C[C@H]1C)Nc1cc(B2OC(C)(C)C(C)(C)O2)cn(C)c1=O. The second-order valence-corrected chi connectivity index (χ2v) is 11.1. The minimum Gasteiger partial charge on any atom is -0.399 e. The third-order valence-corrected chi connectivity index (χ3v) is 7.89. The summed E-state index contributed by atoms with van der Waals surface area (Å²) >= 11 is 0. The smallest absolute Gasteiger partial charge is 0.399 e. The lowest BCUT2D eigenvalue weighted by Crippen LogP contribution is -2.59. The molecule has 0 aromatic carbocycles. The van der Waals surface area contributed by atoms with Crippen LogP contribution in [0, 0.1) is 0 Å². The van der Waals surface area contributed by atoms with Gasteiger partial charge in [-0.25, -0.2) is 4.99 Å². The monoisotopic (exact) mass is 497 g/mol. The van der Waals surface area contributed by atoms with Crippen molar-refractivity contribution in [3.63, 3.8) is 0 Å². The van der Waals surface area contributed by atoms with Gasteiger partial charge in [0.05, 0.1) is 30.5 Å². The van der Waals surface area contributed by atoms with E-state index >= 15 is 0 Å². The molecular weight excluding hydrogens is 457 g/mol. The van der Waals surface area contributed by atoms with Crippen LogP contribution in [0.25, 0.3) is 0 Å². The van der Waals surface area contributed by atoms with E-state index in [9.17, 15) is 4.79 Å². The first kappa shape index (κ1) is 26.7. The molecule has 3 saturated heterocycles. The maximum absolute atomic E-state index is 12.9. The Morgan fingerprint density at radius 2 is 1.86 bits per heavy atom. The number of rotatable bonds is 7. The average molecular weight is 497 g/mol. The predicted molar refractivity (Wildman–Crippen MR) is 145 cm³/mol. The predicted octanol–water partition coefficient (Wildman–Crippen LogP) is 1.95. The quantitative estimate of drug-likeness (QED) is 0.351. The van der Waals surface area contributed by atoms with Crippen LogP contribution in [0.2, 0.25) is 0 Å². The maximum Gasteiger partial charge on any atom is 0.496 e. The molecule has 0 radical (unpaired) electrons. The number of ether oxygens (including phenoxy) is 1. The summed E-state index contributed by atoms with van der Waals surface area (Å²) < 4.78 is 19.2. The highest BCUT2D eigenvalue weighted by Gasteiger charge is 2.52. The van der Waals surface area contributed by atoms with Gasteiger partial charge < -0.3 is 28.8 Å². The summed E-state index contributed by atoms with van der Waals surface area (Å²) in [6, 6.07) is 2.74. The molecule has 1 aromatic rings. The molecule has 0 bridgehead atoms. The van der Waals surface area contributed by atoms with Gasteiger partial charge in [-0.05, 0) is 66.5 Å². The van der Waals surface area contributed by atoms with Crippen LogP contribution in [0.3, 0.4) is 0 Å². The third-order valence-electron chi connectivity index (χ3n) is 7.89. The highest BCUT2D eigenvalue weighted by atomic mass is 16.7. The number of anilines is 1. The molecule has 10 heteroatoms. The number of aliphatic imine (C=N–C) groups is 1. The first-order chi connectivity index (χ1) is 16.9. The van der Waals surface area contributed by atoms with Crippen LogP contribution in [-0.4, -0.2) is 84.3 Å². The lowest BCUT2D eigenvalue weighted by molar-refractivity contribution is -0.0814. The summed E-state index contributed by atoms with van der Waals surface area (Å²) in [4.78, 5) is 21.9. The molecule has 3 aliphatic rings. The van der Waals surface area contributed by atoms with E-state index in [4.69, 9.17) is 14.0 Å². The summed E-state index contributed by atoms with van der Waals surface area (Å²) in [7, 11) is 1.15. The van der Waals surface area contributed by atoms with Crippen LogP contribution in [0.1, 0.15) is 41.5 Å². The largest absolute Gasteiger partial charge is 0.496 e. The molecule has 9 nitrogen and oxygen atoms in total. The van der Waals surface area contributed by atoms with Crippen LogP contribution >= 0.6 is 0 Å². The zero-order chi connectivity index (χ0) is 26.3. The Labute approximate surface area is 214 Å². The van der Waals surface area contributed by atoms with Crippen molar-refractivity contribution < 1.29 is 14.0 Å². The molecule has 0 aliphatic carbocycles. The van der Waals surface area contributed by atoms with Crippen molar-refractivity contribution in [2.24, 2.45) is 12.0 Å². The molecule has 0 spiro atoms. The summed E-state index contributed by atoms with van der Waals surface area (Å²) in [6.45, 7) is 20.8. The summed E-state index contributed by atoms with van der Waals surface area (Å²) in [5.74, 6) is 0.496. The van der Waals surface area contributed by atoms with Gasteiger partial charge in [0.1, 0.15) is 11.5 Å². The number of allylic oxidation sites excluding steroid dienone is 3. The topological polar surface area (TPSA) is 80.6 Å². The maximum atomic E-state index is 12.9. The van der Waals surface area contributed by atoms with Crippen molar-refractivity contribution in [1.29, 1.82) is 0 Å². The average Bonchev–Trinajstić information content (AvgIpc) is 2.99. The Bertz CT molecular complexity index is 1090. The molecule has 3 fully saturated rings. The molecule has 3 aliphatic heterocycles. The summed E-state index contributed by atoms with van der Waals surface area (Å²) in [6.07, 6.45) is 5.64. The van der Waals surface area contributed by atoms with Gasteiger partial charge in [0, 0.05) is 50.1 Å².